The van der Waals surface area contributed by atoms with Crippen molar-refractivity contribution in [3.63, 3.8) is 0 Å². The fourth-order valence-electron chi connectivity index (χ4n) is 2.68. The van der Waals surface area contributed by atoms with Crippen molar-refractivity contribution in [3.8, 4) is 5.75 Å². The molecule has 0 saturated carbocycles. The average molecular weight is 361 g/mol. The molecule has 0 N–H and O–H groups in total. The van der Waals surface area contributed by atoms with Crippen LogP contribution in [0, 0.1) is 13.8 Å². The molecule has 1 amide bonds. The number of benzene rings is 1. The predicted molar refractivity (Wildman–Crippen MR) is 96.3 cm³/mol. The molecule has 0 bridgehead atoms. The summed E-state index contributed by atoms with van der Waals surface area (Å²) in [4.78, 5) is 18.6. The van der Waals surface area contributed by atoms with Crippen molar-refractivity contribution in [1.82, 2.24) is 9.88 Å². The Morgan fingerprint density at radius 3 is 2.76 bits per heavy atom. The number of halogens is 1. The molecule has 1 aromatic carbocycles. The molecule has 1 saturated heterocycles. The van der Waals surface area contributed by atoms with E-state index in [0.717, 1.165) is 11.4 Å². The molecule has 1 aromatic heterocycles. The normalized spacial score (nSPS) is 17.4. The smallest absolute Gasteiger partial charge is 0.257 e. The number of hydrogen-bond donors (Lipinski definition) is 0. The standard InChI is InChI=1S/C19H21ClN2O3/c1-13-3-6-15(7-4-13)25-12-16-11-22(9-10-24-16)19(23)17-8-5-14(2)21-18(17)20/h3-8,16H,9-12H2,1-2H3. The van der Waals surface area contributed by atoms with Crippen molar-refractivity contribution in [2.75, 3.05) is 26.3 Å². The second-order valence-electron chi connectivity index (χ2n) is 6.16. The quantitative estimate of drug-likeness (QED) is 0.785. The molecule has 6 heteroatoms. The van der Waals surface area contributed by atoms with E-state index in [1.807, 2.05) is 38.1 Å². The van der Waals surface area contributed by atoms with Crippen LogP contribution in [0.1, 0.15) is 21.6 Å². The predicted octanol–water partition coefficient (Wildman–Crippen LogP) is 3.27. The summed E-state index contributed by atoms with van der Waals surface area (Å²) < 4.78 is 11.5. The highest BCUT2D eigenvalue weighted by atomic mass is 35.5. The third kappa shape index (κ3) is 4.50. The molecule has 1 unspecified atom stereocenters. The zero-order chi connectivity index (χ0) is 17.8. The van der Waals surface area contributed by atoms with Crippen LogP contribution in [0.15, 0.2) is 36.4 Å². The van der Waals surface area contributed by atoms with Gasteiger partial charge in [0.05, 0.1) is 18.7 Å². The number of carbonyl (C=O) groups is 1. The minimum Gasteiger partial charge on any atom is -0.491 e. The molecule has 0 radical (unpaired) electrons. The zero-order valence-electron chi connectivity index (χ0n) is 14.4. The van der Waals surface area contributed by atoms with Gasteiger partial charge in [0.2, 0.25) is 0 Å². The van der Waals surface area contributed by atoms with Gasteiger partial charge in [0.15, 0.2) is 0 Å². The highest BCUT2D eigenvalue weighted by Crippen LogP contribution is 2.19. The van der Waals surface area contributed by atoms with Crippen molar-refractivity contribution < 1.29 is 14.3 Å². The van der Waals surface area contributed by atoms with Crippen LogP contribution in [-0.4, -0.2) is 48.2 Å². The molecule has 3 rings (SSSR count). The fourth-order valence-corrected chi connectivity index (χ4v) is 2.96. The monoisotopic (exact) mass is 360 g/mol. The van der Waals surface area contributed by atoms with Crippen LogP contribution in [0.3, 0.4) is 0 Å². The Hall–Kier alpha value is -2.11. The molecule has 0 aliphatic carbocycles. The van der Waals surface area contributed by atoms with Crippen molar-refractivity contribution >= 4 is 17.5 Å². The molecule has 1 aliphatic rings. The number of aryl methyl sites for hydroxylation is 2. The highest BCUT2D eigenvalue weighted by molar-refractivity contribution is 6.32. The van der Waals surface area contributed by atoms with E-state index in [1.54, 1.807) is 17.0 Å². The van der Waals surface area contributed by atoms with Gasteiger partial charge in [-0.3, -0.25) is 4.79 Å². The molecule has 1 atom stereocenters. The van der Waals surface area contributed by atoms with Gasteiger partial charge >= 0.3 is 0 Å². The Morgan fingerprint density at radius 1 is 1.28 bits per heavy atom. The largest absolute Gasteiger partial charge is 0.491 e. The van der Waals surface area contributed by atoms with Crippen molar-refractivity contribution in [2.45, 2.75) is 20.0 Å². The molecule has 0 spiro atoms. The van der Waals surface area contributed by atoms with Crippen LogP contribution < -0.4 is 4.74 Å². The average Bonchev–Trinajstić information content (AvgIpc) is 2.61. The Balaban J connectivity index is 1.60. The van der Waals surface area contributed by atoms with E-state index in [4.69, 9.17) is 21.1 Å². The van der Waals surface area contributed by atoms with Gasteiger partial charge in [0.25, 0.3) is 5.91 Å². The Kier molecular flexibility index (Phi) is 5.56. The lowest BCUT2D eigenvalue weighted by Crippen LogP contribution is -2.47. The molecular formula is C19H21ClN2O3. The first-order chi connectivity index (χ1) is 12.0. The number of ether oxygens (including phenoxy) is 2. The third-order valence-corrected chi connectivity index (χ3v) is 4.39. The van der Waals surface area contributed by atoms with E-state index in [1.165, 1.54) is 5.56 Å². The van der Waals surface area contributed by atoms with Crippen LogP contribution in [0.25, 0.3) is 0 Å². The minimum absolute atomic E-state index is 0.124. The maximum atomic E-state index is 12.7. The summed E-state index contributed by atoms with van der Waals surface area (Å²) >= 11 is 6.12. The van der Waals surface area contributed by atoms with E-state index >= 15 is 0 Å². The summed E-state index contributed by atoms with van der Waals surface area (Å²) in [6.07, 6.45) is -0.170. The maximum absolute atomic E-state index is 12.7. The lowest BCUT2D eigenvalue weighted by Gasteiger charge is -2.33. The molecule has 1 fully saturated rings. The topological polar surface area (TPSA) is 51.7 Å². The number of nitrogens with zero attached hydrogens (tertiary/aromatic N) is 2. The Bertz CT molecular complexity index is 749. The first-order valence-corrected chi connectivity index (χ1v) is 8.64. The number of carbonyl (C=O) groups excluding carboxylic acids is 1. The van der Waals surface area contributed by atoms with Gasteiger partial charge in [-0.05, 0) is 38.1 Å². The van der Waals surface area contributed by atoms with E-state index in [0.29, 0.717) is 31.9 Å². The van der Waals surface area contributed by atoms with E-state index in [2.05, 4.69) is 4.98 Å². The highest BCUT2D eigenvalue weighted by Gasteiger charge is 2.27. The van der Waals surface area contributed by atoms with E-state index in [-0.39, 0.29) is 17.2 Å². The molecule has 2 heterocycles. The second kappa shape index (κ2) is 7.85. The lowest BCUT2D eigenvalue weighted by molar-refractivity contribution is -0.0401. The van der Waals surface area contributed by atoms with Crippen LogP contribution in [0.4, 0.5) is 0 Å². The number of hydrogen-bond acceptors (Lipinski definition) is 4. The third-order valence-electron chi connectivity index (χ3n) is 4.10. The zero-order valence-corrected chi connectivity index (χ0v) is 15.1. The summed E-state index contributed by atoms with van der Waals surface area (Å²) in [5, 5.41) is 0.240. The summed E-state index contributed by atoms with van der Waals surface area (Å²) in [7, 11) is 0. The van der Waals surface area contributed by atoms with E-state index < -0.39 is 0 Å². The molecule has 2 aromatic rings. The number of morpholine rings is 1. The summed E-state index contributed by atoms with van der Waals surface area (Å²) in [5.41, 5.74) is 2.39. The van der Waals surface area contributed by atoms with Crippen LogP contribution in [-0.2, 0) is 4.74 Å². The van der Waals surface area contributed by atoms with Crippen molar-refractivity contribution in [3.05, 3.63) is 58.4 Å². The molecule has 25 heavy (non-hydrogen) atoms. The Morgan fingerprint density at radius 2 is 2.04 bits per heavy atom. The maximum Gasteiger partial charge on any atom is 0.257 e. The van der Waals surface area contributed by atoms with Gasteiger partial charge in [-0.1, -0.05) is 29.3 Å². The fraction of sp³-hybridized carbons (Fsp3) is 0.368. The summed E-state index contributed by atoms with van der Waals surface area (Å²) in [5.74, 6) is 0.671. The number of amides is 1. The lowest BCUT2D eigenvalue weighted by atomic mass is 10.2. The van der Waals surface area contributed by atoms with Crippen LogP contribution in [0.2, 0.25) is 5.15 Å². The van der Waals surface area contributed by atoms with E-state index in [9.17, 15) is 4.79 Å². The minimum atomic E-state index is -0.170. The van der Waals surface area contributed by atoms with Gasteiger partial charge < -0.3 is 14.4 Å². The van der Waals surface area contributed by atoms with Gasteiger partial charge in [0.1, 0.15) is 23.6 Å². The van der Waals surface area contributed by atoms with Crippen molar-refractivity contribution in [1.29, 1.82) is 0 Å². The molecular weight excluding hydrogens is 340 g/mol. The van der Waals surface area contributed by atoms with Gasteiger partial charge in [-0.25, -0.2) is 4.98 Å². The number of rotatable bonds is 4. The van der Waals surface area contributed by atoms with Crippen LogP contribution in [0.5, 0.6) is 5.75 Å². The van der Waals surface area contributed by atoms with Crippen LogP contribution >= 0.6 is 11.6 Å². The SMILES string of the molecule is Cc1ccc(OCC2CN(C(=O)c3ccc(C)nc3Cl)CCO2)cc1. The van der Waals surface area contributed by atoms with Crippen molar-refractivity contribution in [2.24, 2.45) is 0 Å². The number of pyridine rings is 1. The second-order valence-corrected chi connectivity index (χ2v) is 6.52. The molecule has 1 aliphatic heterocycles. The first kappa shape index (κ1) is 17.7. The number of aromatic nitrogens is 1. The van der Waals surface area contributed by atoms with Gasteiger partial charge in [-0.2, -0.15) is 0 Å². The van der Waals surface area contributed by atoms with Gasteiger partial charge in [-0.15, -0.1) is 0 Å². The first-order valence-electron chi connectivity index (χ1n) is 8.26. The Labute approximate surface area is 152 Å². The molecule has 5 nitrogen and oxygen atoms in total. The molecule has 132 valence electrons. The summed E-state index contributed by atoms with van der Waals surface area (Å²) in [6, 6.07) is 11.4. The summed E-state index contributed by atoms with van der Waals surface area (Å²) in [6.45, 7) is 5.74. The van der Waals surface area contributed by atoms with Gasteiger partial charge in [0, 0.05) is 12.2 Å².